The van der Waals surface area contributed by atoms with Gasteiger partial charge in [0.05, 0.1) is 0 Å². The largest absolute Gasteiger partial charge is 1.00 e. The van der Waals surface area contributed by atoms with Crippen LogP contribution in [0, 0.1) is 0 Å². The van der Waals surface area contributed by atoms with Gasteiger partial charge in [-0.1, -0.05) is 12.1 Å². The maximum absolute atomic E-state index is 12.4. The second-order valence-electron chi connectivity index (χ2n) is 3.26. The minimum absolute atomic E-state index is 0. The van der Waals surface area contributed by atoms with Crippen LogP contribution in [0.4, 0.5) is 34.9 Å². The average molecular weight is 318 g/mol. The van der Waals surface area contributed by atoms with Gasteiger partial charge in [-0.15, -0.1) is 5.46 Å². The molecule has 0 fully saturated rings. The van der Waals surface area contributed by atoms with E-state index >= 15 is 0 Å². The van der Waals surface area contributed by atoms with Gasteiger partial charge >= 0.3 is 70.6 Å². The molecular formula is C8H4BF8KO. The predicted molar refractivity (Wildman–Crippen MR) is 46.8 cm³/mol. The minimum Gasteiger partial charge on any atom is -0.445 e. The van der Waals surface area contributed by atoms with Crippen LogP contribution >= 0.6 is 0 Å². The van der Waals surface area contributed by atoms with Crippen LogP contribution in [0.2, 0.25) is 0 Å². The second-order valence-corrected chi connectivity index (χ2v) is 3.26. The Morgan fingerprint density at radius 3 is 1.58 bits per heavy atom. The first-order valence-corrected chi connectivity index (χ1v) is 4.37. The normalized spacial score (nSPS) is 12.8. The monoisotopic (exact) mass is 318 g/mol. The van der Waals surface area contributed by atoms with E-state index < -0.39 is 30.5 Å². The fourth-order valence-electron chi connectivity index (χ4n) is 0.960. The third kappa shape index (κ3) is 5.21. The maximum Gasteiger partial charge on any atom is 1.00 e. The molecule has 1 aromatic carbocycles. The molecule has 0 aliphatic carbocycles. The summed E-state index contributed by atoms with van der Waals surface area (Å²) in [6.07, 6.45) is -11.4. The predicted octanol–water partition coefficient (Wildman–Crippen LogP) is 0.279. The van der Waals surface area contributed by atoms with Crippen molar-refractivity contribution in [1.82, 2.24) is 0 Å². The van der Waals surface area contributed by atoms with Gasteiger partial charge in [0.1, 0.15) is 5.75 Å². The standard InChI is InChI=1S/C8H4BF8O.K/c10-7(11,12)8(13,14)18-6-3-1-5(2-4-6)9(15,16)17;/h1-4H;/q-1;+1. The Labute approximate surface area is 144 Å². The van der Waals surface area contributed by atoms with Crippen LogP contribution in [-0.2, 0) is 0 Å². The van der Waals surface area contributed by atoms with Gasteiger partial charge < -0.3 is 17.7 Å². The Hall–Kier alpha value is 0.161. The Kier molecular flexibility index (Phi) is 6.34. The van der Waals surface area contributed by atoms with Crippen molar-refractivity contribution in [1.29, 1.82) is 0 Å². The van der Waals surface area contributed by atoms with Gasteiger partial charge in [0.2, 0.25) is 0 Å². The topological polar surface area (TPSA) is 9.23 Å². The summed E-state index contributed by atoms with van der Waals surface area (Å²) in [4.78, 5) is 0. The first-order chi connectivity index (χ1) is 7.93. The molecule has 102 valence electrons. The molecule has 0 N–H and O–H groups in total. The van der Waals surface area contributed by atoms with Crippen LogP contribution in [0.5, 0.6) is 5.75 Å². The summed E-state index contributed by atoms with van der Waals surface area (Å²) in [6, 6.07) is 1.51. The molecule has 1 nitrogen and oxygen atoms in total. The molecule has 0 spiro atoms. The molecule has 19 heavy (non-hydrogen) atoms. The Bertz CT molecular complexity index is 412. The van der Waals surface area contributed by atoms with E-state index in [-0.39, 0.29) is 51.4 Å². The number of ether oxygens (including phenoxy) is 1. The number of benzene rings is 1. The van der Waals surface area contributed by atoms with Crippen molar-refractivity contribution < 1.29 is 91.0 Å². The second kappa shape index (κ2) is 6.29. The van der Waals surface area contributed by atoms with Crippen molar-refractivity contribution >= 4 is 12.4 Å². The molecule has 0 saturated carbocycles. The van der Waals surface area contributed by atoms with Crippen LogP contribution in [-0.4, -0.2) is 19.3 Å². The van der Waals surface area contributed by atoms with Gasteiger partial charge in [0, 0.05) is 0 Å². The Balaban J connectivity index is 0.00000324. The number of rotatable bonds is 3. The van der Waals surface area contributed by atoms with Crippen molar-refractivity contribution in [3.8, 4) is 5.75 Å². The minimum atomic E-state index is -5.94. The fraction of sp³-hybridized carbons (Fsp3) is 0.250. The first kappa shape index (κ1) is 19.2. The molecule has 0 aliphatic rings. The molecule has 11 heteroatoms. The molecule has 0 unspecified atom stereocenters. The molecule has 0 amide bonds. The third-order valence-electron chi connectivity index (χ3n) is 1.83. The van der Waals surface area contributed by atoms with Crippen LogP contribution in [0.1, 0.15) is 0 Å². The molecular weight excluding hydrogens is 314 g/mol. The number of halogens is 8. The van der Waals surface area contributed by atoms with E-state index in [1.54, 1.807) is 0 Å². The van der Waals surface area contributed by atoms with E-state index in [9.17, 15) is 34.9 Å². The average Bonchev–Trinajstić information content (AvgIpc) is 2.14. The summed E-state index contributed by atoms with van der Waals surface area (Å²) in [5.74, 6) is -1.01. The van der Waals surface area contributed by atoms with Crippen LogP contribution in [0.25, 0.3) is 0 Å². The number of alkyl halides is 5. The zero-order valence-corrected chi connectivity index (χ0v) is 12.4. The number of hydrogen-bond donors (Lipinski definition) is 0. The molecule has 0 saturated heterocycles. The van der Waals surface area contributed by atoms with Crippen molar-refractivity contribution in [3.05, 3.63) is 24.3 Å². The molecule has 0 aromatic heterocycles. The van der Waals surface area contributed by atoms with Crippen molar-refractivity contribution in [2.45, 2.75) is 12.3 Å². The van der Waals surface area contributed by atoms with Gasteiger partial charge in [0.25, 0.3) is 0 Å². The van der Waals surface area contributed by atoms with E-state index in [1.807, 2.05) is 0 Å². The number of hydrogen-bond acceptors (Lipinski definition) is 1. The summed E-state index contributed by atoms with van der Waals surface area (Å²) < 4.78 is 99.7. The van der Waals surface area contributed by atoms with E-state index in [0.717, 1.165) is 0 Å². The molecule has 0 aliphatic heterocycles. The van der Waals surface area contributed by atoms with Gasteiger partial charge in [-0.2, -0.15) is 22.0 Å². The van der Waals surface area contributed by atoms with Gasteiger partial charge in [-0.3, -0.25) is 0 Å². The molecule has 0 atom stereocenters. The summed E-state index contributed by atoms with van der Waals surface area (Å²) >= 11 is 0. The van der Waals surface area contributed by atoms with Crippen molar-refractivity contribution in [3.63, 3.8) is 0 Å². The van der Waals surface area contributed by atoms with Gasteiger partial charge in [0.15, 0.2) is 0 Å². The molecule has 0 bridgehead atoms. The van der Waals surface area contributed by atoms with E-state index in [2.05, 4.69) is 4.74 Å². The fourth-order valence-corrected chi connectivity index (χ4v) is 0.960. The zero-order valence-electron chi connectivity index (χ0n) is 9.32. The summed E-state index contributed by atoms with van der Waals surface area (Å²) in [7, 11) is 0. The van der Waals surface area contributed by atoms with Crippen LogP contribution < -0.4 is 61.6 Å². The van der Waals surface area contributed by atoms with Crippen LogP contribution in [0.15, 0.2) is 24.3 Å². The van der Waals surface area contributed by atoms with E-state index in [0.29, 0.717) is 24.3 Å². The van der Waals surface area contributed by atoms with Crippen molar-refractivity contribution in [2.24, 2.45) is 0 Å². The van der Waals surface area contributed by atoms with Crippen molar-refractivity contribution in [2.75, 3.05) is 0 Å². The van der Waals surface area contributed by atoms with Gasteiger partial charge in [-0.25, -0.2) is 0 Å². The summed E-state index contributed by atoms with van der Waals surface area (Å²) in [5, 5.41) is 0. The Morgan fingerprint density at radius 1 is 0.842 bits per heavy atom. The van der Waals surface area contributed by atoms with Gasteiger partial charge in [-0.05, 0) is 12.1 Å². The SMILES string of the molecule is F[B-](F)(F)c1ccc(OC(F)(F)C(F)(F)F)cc1.[K+]. The molecule has 1 rings (SSSR count). The van der Waals surface area contributed by atoms with E-state index in [4.69, 9.17) is 0 Å². The van der Waals surface area contributed by atoms with E-state index in [1.165, 1.54) is 0 Å². The molecule has 0 radical (unpaired) electrons. The maximum atomic E-state index is 12.4. The molecule has 1 aromatic rings. The third-order valence-corrected chi connectivity index (χ3v) is 1.83. The quantitative estimate of drug-likeness (QED) is 0.575. The molecule has 0 heterocycles. The summed E-state index contributed by atoms with van der Waals surface area (Å²) in [5.41, 5.74) is -1.13. The smallest absolute Gasteiger partial charge is 0.445 e. The first-order valence-electron chi connectivity index (χ1n) is 4.37. The Morgan fingerprint density at radius 2 is 1.26 bits per heavy atom. The van der Waals surface area contributed by atoms with Crippen LogP contribution in [0.3, 0.4) is 0 Å². The zero-order chi connectivity index (χ0) is 14.2. The summed E-state index contributed by atoms with van der Waals surface area (Å²) in [6.45, 7) is -5.35.